The smallest absolute Gasteiger partial charge is 0.306 e. The van der Waals surface area contributed by atoms with Crippen LogP contribution in [0.5, 0.6) is 11.5 Å². The van der Waals surface area contributed by atoms with Crippen molar-refractivity contribution in [1.29, 1.82) is 0 Å². The fraction of sp³-hybridized carbons (Fsp3) is 0.348. The van der Waals surface area contributed by atoms with Crippen molar-refractivity contribution < 1.29 is 37.3 Å². The second-order valence-corrected chi connectivity index (χ2v) is 20.9. The molecule has 6 aromatic carbocycles. The van der Waals surface area contributed by atoms with Crippen molar-refractivity contribution in [2.75, 3.05) is 33.0 Å². The Balaban J connectivity index is 0.000000211. The molecule has 0 saturated carbocycles. The van der Waals surface area contributed by atoms with E-state index in [1.54, 1.807) is 9.36 Å². The molecule has 2 aliphatic heterocycles. The fourth-order valence-electron chi connectivity index (χ4n) is 10.6. The van der Waals surface area contributed by atoms with Crippen molar-refractivity contribution in [2.45, 2.75) is 117 Å². The van der Waals surface area contributed by atoms with Gasteiger partial charge in [-0.2, -0.15) is 8.78 Å². The molecule has 0 amide bonds. The van der Waals surface area contributed by atoms with Crippen molar-refractivity contribution in [1.82, 2.24) is 19.6 Å². The summed E-state index contributed by atoms with van der Waals surface area (Å²) in [5, 5.41) is 9.47. The molecule has 8 aromatic rings. The number of fused-ring (bicyclic) bond motifs is 2. The van der Waals surface area contributed by atoms with E-state index in [1.807, 2.05) is 118 Å². The topological polar surface area (TPSA) is 125 Å². The molecule has 2 unspecified atom stereocenters. The van der Waals surface area contributed by atoms with Gasteiger partial charge in [0, 0.05) is 26.2 Å². The number of esters is 1. The molecule has 0 aliphatic carbocycles. The Bertz CT molecular complexity index is 3360. The average molecular weight is 1110 g/mol. The van der Waals surface area contributed by atoms with Gasteiger partial charge in [-0.05, 0) is 183 Å². The molecule has 2 saturated heterocycles. The molecule has 2 aromatic heterocycles. The molecule has 80 heavy (non-hydrogen) atoms. The van der Waals surface area contributed by atoms with Crippen LogP contribution in [0.2, 0.25) is 0 Å². The zero-order valence-electron chi connectivity index (χ0n) is 46.6. The molecule has 10 rings (SSSR count). The summed E-state index contributed by atoms with van der Waals surface area (Å²) in [6, 6.07) is 48.5. The molecule has 2 aliphatic rings. The fourth-order valence-corrected chi connectivity index (χ4v) is 10.6. The van der Waals surface area contributed by atoms with E-state index in [9.17, 15) is 4.79 Å². The summed E-state index contributed by atoms with van der Waals surface area (Å²) < 4.78 is 62.7. The van der Waals surface area contributed by atoms with Crippen LogP contribution in [0.25, 0.3) is 44.1 Å². The van der Waals surface area contributed by atoms with E-state index in [0.29, 0.717) is 56.6 Å². The highest BCUT2D eigenvalue weighted by Crippen LogP contribution is 2.40. The van der Waals surface area contributed by atoms with Crippen LogP contribution in [0.4, 0.5) is 8.78 Å². The first-order valence-corrected chi connectivity index (χ1v) is 28.0. The van der Waals surface area contributed by atoms with E-state index in [-0.39, 0.29) is 30.8 Å². The zero-order valence-corrected chi connectivity index (χ0v) is 47.4. The van der Waals surface area contributed by atoms with Crippen molar-refractivity contribution in [2.24, 2.45) is 5.73 Å². The van der Waals surface area contributed by atoms with Gasteiger partial charge in [0.2, 0.25) is 11.9 Å². The van der Waals surface area contributed by atoms with E-state index < -0.39 is 17.5 Å². The standard InChI is InChI=1S/C36H41FN2O4.C30H32FN3O2.ClH/c1-5-29(25-12-7-6-8-13-25)34(26-16-19-28(20-17-26)41-23-11-15-33(40)43-36(2,3)4)27-18-21-31-30(24-27)35(37)38-39(31)32-14-9-10-22-42-32;1-2-25(21-8-4-3-5-9-21)29(22-11-14-24(15-12-22)35-19-17-32)23-13-16-27-26(20-23)30(31)33-34(27)28-10-6-7-18-36-28;/h6-8,12-13,16-21,24,32H,5,9-11,14-15,22-23H2,1-4H3;3-5,8-9,11-16,20,28H,2,6-7,10,17-19,32H2,1H3;1H/b34-29+;29-25+;. The number of allylic oxidation sites excluding steroid dienone is 2. The number of benzene rings is 6. The Morgan fingerprint density at radius 2 is 1.01 bits per heavy atom. The van der Waals surface area contributed by atoms with Crippen LogP contribution < -0.4 is 15.2 Å². The van der Waals surface area contributed by atoms with Crippen molar-refractivity contribution in [3.63, 3.8) is 0 Å². The second kappa shape index (κ2) is 27.8. The molecule has 11 nitrogen and oxygen atoms in total. The van der Waals surface area contributed by atoms with Gasteiger partial charge in [-0.25, -0.2) is 9.36 Å². The third-order valence-electron chi connectivity index (χ3n) is 14.2. The summed E-state index contributed by atoms with van der Waals surface area (Å²) in [4.78, 5) is 12.0. The highest BCUT2D eigenvalue weighted by Gasteiger charge is 2.25. The summed E-state index contributed by atoms with van der Waals surface area (Å²) in [6.45, 7) is 12.6. The highest BCUT2D eigenvalue weighted by molar-refractivity contribution is 6.02. The van der Waals surface area contributed by atoms with Gasteiger partial charge in [0.1, 0.15) is 23.7 Å². The summed E-state index contributed by atoms with van der Waals surface area (Å²) in [6.07, 6.45) is 7.84. The number of hydrogen-bond acceptors (Lipinski definition) is 9. The van der Waals surface area contributed by atoms with Gasteiger partial charge in [0.05, 0.1) is 28.4 Å². The number of nitrogens with zero attached hydrogens (tertiary/aromatic N) is 4. The number of ether oxygens (including phenoxy) is 5. The van der Waals surface area contributed by atoms with Crippen LogP contribution in [0.1, 0.15) is 145 Å². The molecule has 4 heterocycles. The van der Waals surface area contributed by atoms with Gasteiger partial charge in [0.15, 0.2) is 12.5 Å². The van der Waals surface area contributed by atoms with Gasteiger partial charge >= 0.3 is 5.97 Å². The minimum atomic E-state index is -0.489. The first-order chi connectivity index (χ1) is 38.4. The Morgan fingerprint density at radius 1 is 0.588 bits per heavy atom. The maximum atomic E-state index is 15.3. The summed E-state index contributed by atoms with van der Waals surface area (Å²) in [7, 11) is 0. The summed E-state index contributed by atoms with van der Waals surface area (Å²) >= 11 is 0. The van der Waals surface area contributed by atoms with Crippen LogP contribution in [0, 0.1) is 11.9 Å². The van der Waals surface area contributed by atoms with Crippen LogP contribution in [-0.2, 0) is 19.0 Å². The molecule has 0 spiro atoms. The average Bonchev–Trinajstić information content (AvgIpc) is 4.11. The van der Waals surface area contributed by atoms with Gasteiger partial charge < -0.3 is 29.4 Å². The second-order valence-electron chi connectivity index (χ2n) is 20.9. The van der Waals surface area contributed by atoms with E-state index >= 15 is 8.78 Å². The lowest BCUT2D eigenvalue weighted by Gasteiger charge is -2.23. The maximum absolute atomic E-state index is 15.3. The van der Waals surface area contributed by atoms with Crippen LogP contribution in [0.3, 0.4) is 0 Å². The van der Waals surface area contributed by atoms with Gasteiger partial charge in [0.25, 0.3) is 0 Å². The maximum Gasteiger partial charge on any atom is 0.306 e. The minimum Gasteiger partial charge on any atom is -0.494 e. The van der Waals surface area contributed by atoms with E-state index in [1.165, 1.54) is 5.57 Å². The molecular formula is C66H74ClF2N5O6. The lowest BCUT2D eigenvalue weighted by Crippen LogP contribution is -2.23. The Labute approximate surface area is 475 Å². The molecule has 420 valence electrons. The Hall–Kier alpha value is -7.16. The molecule has 2 atom stereocenters. The lowest BCUT2D eigenvalue weighted by molar-refractivity contribution is -0.155. The minimum absolute atomic E-state index is 0. The van der Waals surface area contributed by atoms with Gasteiger partial charge in [-0.15, -0.1) is 22.6 Å². The van der Waals surface area contributed by atoms with E-state index in [0.717, 1.165) is 124 Å². The monoisotopic (exact) mass is 1110 g/mol. The van der Waals surface area contributed by atoms with Crippen LogP contribution in [-0.4, -0.2) is 64.1 Å². The third kappa shape index (κ3) is 14.4. The molecule has 2 fully saturated rings. The van der Waals surface area contributed by atoms with Gasteiger partial charge in [-0.1, -0.05) is 111 Å². The van der Waals surface area contributed by atoms with E-state index in [4.69, 9.17) is 29.4 Å². The largest absolute Gasteiger partial charge is 0.494 e. The first kappa shape index (κ1) is 59.0. The highest BCUT2D eigenvalue weighted by atomic mass is 35.5. The number of nitrogens with two attached hydrogens (primary N) is 1. The molecule has 0 radical (unpaired) electrons. The number of halogens is 3. The van der Waals surface area contributed by atoms with Crippen molar-refractivity contribution >= 4 is 62.5 Å². The van der Waals surface area contributed by atoms with Crippen molar-refractivity contribution in [3.8, 4) is 11.5 Å². The number of carbonyl (C=O) groups is 1. The zero-order chi connectivity index (χ0) is 55.3. The van der Waals surface area contributed by atoms with E-state index in [2.05, 4.69) is 72.6 Å². The summed E-state index contributed by atoms with van der Waals surface area (Å²) in [5.74, 6) is 0.318. The summed E-state index contributed by atoms with van der Waals surface area (Å²) in [5.41, 5.74) is 17.2. The Kier molecular flexibility index (Phi) is 20.5. The molecule has 0 bridgehead atoms. The molecular weight excluding hydrogens is 1030 g/mol. The van der Waals surface area contributed by atoms with Crippen molar-refractivity contribution in [3.05, 3.63) is 191 Å². The molecule has 14 heteroatoms. The quantitative estimate of drug-likeness (QED) is 0.0508. The van der Waals surface area contributed by atoms with Crippen LogP contribution >= 0.6 is 12.4 Å². The molecule has 2 N–H and O–H groups in total. The first-order valence-electron chi connectivity index (χ1n) is 28.0. The SMILES string of the molecule is CC/C(=C(/c1ccc(OCCCC(=O)OC(C)(C)C)cc1)c1ccc2c(c1)c(F)nn2C1CCCCO1)c1ccccc1.CC/C(=C(/c1ccc(OCCN)cc1)c1ccc2c(c1)c(F)nn2C1CCCCO1)c1ccccc1.Cl. The number of aromatic nitrogens is 4. The van der Waals surface area contributed by atoms with Gasteiger partial charge in [-0.3, -0.25) is 4.79 Å². The Morgan fingerprint density at radius 3 is 1.40 bits per heavy atom. The number of rotatable bonds is 18. The number of hydrogen-bond donors (Lipinski definition) is 1. The predicted molar refractivity (Wildman–Crippen MR) is 318 cm³/mol. The normalized spacial score (nSPS) is 16.2. The number of carbonyl (C=O) groups excluding carboxylic acids is 1. The predicted octanol–water partition coefficient (Wildman–Crippen LogP) is 15.7. The lowest BCUT2D eigenvalue weighted by atomic mass is 9.88. The third-order valence-corrected chi connectivity index (χ3v) is 14.2. The van der Waals surface area contributed by atoms with Crippen LogP contribution in [0.15, 0.2) is 146 Å².